The zero-order valence-electron chi connectivity index (χ0n) is 11.7. The highest BCUT2D eigenvalue weighted by Gasteiger charge is 2.24. The normalized spacial score (nSPS) is 37.2. The molecule has 0 heterocycles. The molecule has 2 atom stereocenters. The van der Waals surface area contributed by atoms with Crippen molar-refractivity contribution in [2.75, 3.05) is 0 Å². The van der Waals surface area contributed by atoms with Gasteiger partial charge in [-0.3, -0.25) is 4.79 Å². The molecule has 3 heteroatoms. The average Bonchev–Trinajstić information content (AvgIpc) is 2.32. The summed E-state index contributed by atoms with van der Waals surface area (Å²) < 4.78 is 0. The van der Waals surface area contributed by atoms with E-state index in [0.717, 1.165) is 38.0 Å². The number of nitrogens with one attached hydrogen (secondary N) is 1. The van der Waals surface area contributed by atoms with Crippen LogP contribution < -0.4 is 11.1 Å². The molecule has 104 valence electrons. The van der Waals surface area contributed by atoms with Crippen LogP contribution >= 0.6 is 0 Å². The monoisotopic (exact) mass is 252 g/mol. The first-order chi connectivity index (χ1) is 8.63. The van der Waals surface area contributed by atoms with Gasteiger partial charge in [0.15, 0.2) is 0 Å². The lowest BCUT2D eigenvalue weighted by Crippen LogP contribution is -2.41. The van der Waals surface area contributed by atoms with Gasteiger partial charge in [0, 0.05) is 18.5 Å². The summed E-state index contributed by atoms with van der Waals surface area (Å²) in [4.78, 5) is 12.0. The van der Waals surface area contributed by atoms with E-state index in [2.05, 4.69) is 12.2 Å². The van der Waals surface area contributed by atoms with Crippen molar-refractivity contribution in [3.8, 4) is 0 Å². The van der Waals surface area contributed by atoms with E-state index in [1.165, 1.54) is 25.7 Å². The molecule has 1 amide bonds. The molecule has 2 unspecified atom stereocenters. The number of hydrogen-bond donors (Lipinski definition) is 2. The minimum absolute atomic E-state index is 0.273. The Balaban J connectivity index is 1.68. The van der Waals surface area contributed by atoms with E-state index < -0.39 is 0 Å². The van der Waals surface area contributed by atoms with Gasteiger partial charge in [0.1, 0.15) is 0 Å². The third-order valence-corrected chi connectivity index (χ3v) is 4.66. The molecular weight excluding hydrogens is 224 g/mol. The Morgan fingerprint density at radius 2 is 1.89 bits per heavy atom. The summed E-state index contributed by atoms with van der Waals surface area (Å²) in [5, 5.41) is 3.21. The Morgan fingerprint density at radius 1 is 1.17 bits per heavy atom. The fourth-order valence-corrected chi connectivity index (χ4v) is 3.56. The molecule has 0 aromatic carbocycles. The van der Waals surface area contributed by atoms with Crippen molar-refractivity contribution in [2.24, 2.45) is 17.6 Å². The van der Waals surface area contributed by atoms with Crippen LogP contribution in [0.5, 0.6) is 0 Å². The first-order valence-corrected chi connectivity index (χ1v) is 7.68. The van der Waals surface area contributed by atoms with Crippen LogP contribution in [0.3, 0.4) is 0 Å². The average molecular weight is 252 g/mol. The van der Waals surface area contributed by atoms with Crippen LogP contribution in [0.4, 0.5) is 0 Å². The standard InChI is InChI=1S/C15H28N2O/c1-11-3-2-4-12(9-11)10-15(18)17-14-7-5-13(16)6-8-14/h11-14H,2-10,16H2,1H3,(H,17,18). The van der Waals surface area contributed by atoms with Crippen molar-refractivity contribution in [1.82, 2.24) is 5.32 Å². The maximum atomic E-state index is 12.0. The number of carbonyl (C=O) groups excluding carboxylic acids is 1. The van der Waals surface area contributed by atoms with Crippen LogP contribution in [0.15, 0.2) is 0 Å². The molecule has 3 nitrogen and oxygen atoms in total. The van der Waals surface area contributed by atoms with Gasteiger partial charge in [-0.2, -0.15) is 0 Å². The lowest BCUT2D eigenvalue weighted by atomic mass is 9.80. The number of carbonyl (C=O) groups is 1. The molecule has 3 N–H and O–H groups in total. The van der Waals surface area contributed by atoms with Crippen LogP contribution in [0.1, 0.15) is 64.7 Å². The molecule has 18 heavy (non-hydrogen) atoms. The van der Waals surface area contributed by atoms with E-state index in [-0.39, 0.29) is 5.91 Å². The Kier molecular flexibility index (Phi) is 5.04. The van der Waals surface area contributed by atoms with E-state index in [9.17, 15) is 4.79 Å². The van der Waals surface area contributed by atoms with Gasteiger partial charge in [0.05, 0.1) is 0 Å². The summed E-state index contributed by atoms with van der Waals surface area (Å²) in [5.74, 6) is 1.71. The minimum atomic E-state index is 0.273. The van der Waals surface area contributed by atoms with Crippen LogP contribution in [-0.2, 0) is 4.79 Å². The Labute approximate surface area is 111 Å². The van der Waals surface area contributed by atoms with Crippen LogP contribution in [0, 0.1) is 11.8 Å². The summed E-state index contributed by atoms with van der Waals surface area (Å²) in [6.07, 6.45) is 10.1. The van der Waals surface area contributed by atoms with Crippen molar-refractivity contribution in [3.05, 3.63) is 0 Å². The second kappa shape index (κ2) is 6.55. The molecule has 0 spiro atoms. The summed E-state index contributed by atoms with van der Waals surface area (Å²) in [6, 6.07) is 0.746. The Morgan fingerprint density at radius 3 is 2.56 bits per heavy atom. The second-order valence-corrected chi connectivity index (χ2v) is 6.52. The molecule has 0 aromatic heterocycles. The lowest BCUT2D eigenvalue weighted by molar-refractivity contribution is -0.123. The molecule has 2 aliphatic carbocycles. The van der Waals surface area contributed by atoms with Gasteiger partial charge in [-0.25, -0.2) is 0 Å². The van der Waals surface area contributed by atoms with Crippen molar-refractivity contribution >= 4 is 5.91 Å². The molecule has 2 aliphatic rings. The molecule has 2 fully saturated rings. The van der Waals surface area contributed by atoms with E-state index in [1.54, 1.807) is 0 Å². The summed E-state index contributed by atoms with van der Waals surface area (Å²) in [7, 11) is 0. The van der Waals surface area contributed by atoms with Gasteiger partial charge in [-0.15, -0.1) is 0 Å². The predicted molar refractivity (Wildman–Crippen MR) is 74.1 cm³/mol. The fraction of sp³-hybridized carbons (Fsp3) is 0.933. The predicted octanol–water partition coefficient (Wildman–Crippen LogP) is 2.59. The SMILES string of the molecule is CC1CCCC(CC(=O)NC2CCC(N)CC2)C1. The highest BCUT2D eigenvalue weighted by atomic mass is 16.1. The molecule has 0 bridgehead atoms. The van der Waals surface area contributed by atoms with E-state index in [1.807, 2.05) is 0 Å². The molecular formula is C15H28N2O. The summed E-state index contributed by atoms with van der Waals surface area (Å²) >= 11 is 0. The zero-order chi connectivity index (χ0) is 13.0. The number of nitrogens with two attached hydrogens (primary N) is 1. The topological polar surface area (TPSA) is 55.1 Å². The minimum Gasteiger partial charge on any atom is -0.353 e. The third-order valence-electron chi connectivity index (χ3n) is 4.66. The van der Waals surface area contributed by atoms with Crippen molar-refractivity contribution < 1.29 is 4.79 Å². The van der Waals surface area contributed by atoms with E-state index in [4.69, 9.17) is 5.73 Å². The van der Waals surface area contributed by atoms with Gasteiger partial charge >= 0.3 is 0 Å². The van der Waals surface area contributed by atoms with Crippen molar-refractivity contribution in [3.63, 3.8) is 0 Å². The lowest BCUT2D eigenvalue weighted by Gasteiger charge is -2.29. The first-order valence-electron chi connectivity index (χ1n) is 7.68. The highest BCUT2D eigenvalue weighted by Crippen LogP contribution is 2.30. The Hall–Kier alpha value is -0.570. The molecule has 0 aromatic rings. The van der Waals surface area contributed by atoms with Crippen LogP contribution in [0.25, 0.3) is 0 Å². The van der Waals surface area contributed by atoms with E-state index in [0.29, 0.717) is 18.0 Å². The Bertz CT molecular complexity index is 272. The van der Waals surface area contributed by atoms with Crippen molar-refractivity contribution in [1.29, 1.82) is 0 Å². The van der Waals surface area contributed by atoms with Gasteiger partial charge < -0.3 is 11.1 Å². The molecule has 2 saturated carbocycles. The first kappa shape index (κ1) is 13.9. The molecule has 2 rings (SSSR count). The highest BCUT2D eigenvalue weighted by molar-refractivity contribution is 5.76. The molecule has 0 saturated heterocycles. The molecule has 0 aliphatic heterocycles. The maximum Gasteiger partial charge on any atom is 0.220 e. The molecule has 0 radical (unpaired) electrons. The quantitative estimate of drug-likeness (QED) is 0.811. The summed E-state index contributed by atoms with van der Waals surface area (Å²) in [6.45, 7) is 2.31. The van der Waals surface area contributed by atoms with Gasteiger partial charge in [0.2, 0.25) is 5.91 Å². The largest absolute Gasteiger partial charge is 0.353 e. The maximum absolute atomic E-state index is 12.0. The van der Waals surface area contributed by atoms with Gasteiger partial charge in [-0.05, 0) is 50.4 Å². The summed E-state index contributed by atoms with van der Waals surface area (Å²) in [5.41, 5.74) is 5.88. The van der Waals surface area contributed by atoms with Crippen molar-refractivity contribution in [2.45, 2.75) is 76.8 Å². The fourth-order valence-electron chi connectivity index (χ4n) is 3.56. The zero-order valence-corrected chi connectivity index (χ0v) is 11.7. The third kappa shape index (κ3) is 4.27. The van der Waals surface area contributed by atoms with Crippen LogP contribution in [-0.4, -0.2) is 18.0 Å². The van der Waals surface area contributed by atoms with Gasteiger partial charge in [-0.1, -0.05) is 19.8 Å². The van der Waals surface area contributed by atoms with Gasteiger partial charge in [0.25, 0.3) is 0 Å². The second-order valence-electron chi connectivity index (χ2n) is 6.52. The number of amides is 1. The number of hydrogen-bond acceptors (Lipinski definition) is 2. The van der Waals surface area contributed by atoms with Crippen LogP contribution in [0.2, 0.25) is 0 Å². The number of rotatable bonds is 3. The smallest absolute Gasteiger partial charge is 0.220 e. The van der Waals surface area contributed by atoms with E-state index >= 15 is 0 Å².